The van der Waals surface area contributed by atoms with Crippen LogP contribution in [0, 0.1) is 12.3 Å². The third-order valence-electron chi connectivity index (χ3n) is 2.22. The van der Waals surface area contributed by atoms with Crippen LogP contribution in [0.15, 0.2) is 22.7 Å². The van der Waals surface area contributed by atoms with Gasteiger partial charge >= 0.3 is 0 Å². The van der Waals surface area contributed by atoms with Crippen LogP contribution in [-0.4, -0.2) is 9.55 Å². The predicted octanol–water partition coefficient (Wildman–Crippen LogP) is 1.89. The van der Waals surface area contributed by atoms with Crippen molar-refractivity contribution in [2.75, 3.05) is 0 Å². The standard InChI is InChI=1S/C11H10BrN3/c1-2-5-15-10-4-3-8(12)6-9(10)14-11(15)7-13/h1,3-4,6H,5,7,13H2. The molecular weight excluding hydrogens is 254 g/mol. The second-order valence-corrected chi connectivity index (χ2v) is 4.07. The second-order valence-electron chi connectivity index (χ2n) is 3.16. The fraction of sp³-hybridized carbons (Fsp3) is 0.182. The van der Waals surface area contributed by atoms with Gasteiger partial charge < -0.3 is 10.3 Å². The lowest BCUT2D eigenvalue weighted by atomic mass is 10.3. The minimum absolute atomic E-state index is 0.397. The van der Waals surface area contributed by atoms with Gasteiger partial charge in [-0.1, -0.05) is 21.9 Å². The van der Waals surface area contributed by atoms with Crippen LogP contribution in [0.1, 0.15) is 5.82 Å². The summed E-state index contributed by atoms with van der Waals surface area (Å²) in [6, 6.07) is 5.92. The molecule has 76 valence electrons. The number of fused-ring (bicyclic) bond motifs is 1. The maximum absolute atomic E-state index is 5.62. The number of rotatable bonds is 2. The highest BCUT2D eigenvalue weighted by atomic mass is 79.9. The summed E-state index contributed by atoms with van der Waals surface area (Å²) in [5.41, 5.74) is 7.56. The van der Waals surface area contributed by atoms with Crippen molar-refractivity contribution >= 4 is 27.0 Å². The Balaban J connectivity index is 2.70. The molecule has 4 heteroatoms. The minimum atomic E-state index is 0.397. The van der Waals surface area contributed by atoms with Crippen molar-refractivity contribution in [1.82, 2.24) is 9.55 Å². The zero-order chi connectivity index (χ0) is 10.8. The lowest BCUT2D eigenvalue weighted by Crippen LogP contribution is -2.07. The highest BCUT2D eigenvalue weighted by molar-refractivity contribution is 9.10. The van der Waals surface area contributed by atoms with Gasteiger partial charge in [0.05, 0.1) is 24.1 Å². The summed E-state index contributed by atoms with van der Waals surface area (Å²) >= 11 is 3.41. The molecule has 15 heavy (non-hydrogen) atoms. The Kier molecular flexibility index (Phi) is 2.76. The van der Waals surface area contributed by atoms with Crippen LogP contribution >= 0.6 is 15.9 Å². The first-order valence-electron chi connectivity index (χ1n) is 4.54. The zero-order valence-corrected chi connectivity index (χ0v) is 9.66. The van der Waals surface area contributed by atoms with Crippen LogP contribution in [0.4, 0.5) is 0 Å². The monoisotopic (exact) mass is 263 g/mol. The summed E-state index contributed by atoms with van der Waals surface area (Å²) in [6.45, 7) is 0.901. The first kappa shape index (κ1) is 10.2. The van der Waals surface area contributed by atoms with Gasteiger partial charge in [0, 0.05) is 4.47 Å². The van der Waals surface area contributed by atoms with E-state index in [9.17, 15) is 0 Å². The minimum Gasteiger partial charge on any atom is -0.324 e. The van der Waals surface area contributed by atoms with Gasteiger partial charge in [-0.05, 0) is 18.2 Å². The van der Waals surface area contributed by atoms with Crippen molar-refractivity contribution in [3.8, 4) is 12.3 Å². The molecule has 0 radical (unpaired) electrons. The molecule has 3 nitrogen and oxygen atoms in total. The van der Waals surface area contributed by atoms with Crippen LogP contribution in [0.2, 0.25) is 0 Å². The largest absolute Gasteiger partial charge is 0.324 e. The van der Waals surface area contributed by atoms with E-state index in [-0.39, 0.29) is 0 Å². The summed E-state index contributed by atoms with van der Waals surface area (Å²) < 4.78 is 2.96. The van der Waals surface area contributed by atoms with Crippen molar-refractivity contribution < 1.29 is 0 Å². The number of imidazole rings is 1. The highest BCUT2D eigenvalue weighted by Crippen LogP contribution is 2.20. The van der Waals surface area contributed by atoms with Crippen molar-refractivity contribution in [3.05, 3.63) is 28.5 Å². The zero-order valence-electron chi connectivity index (χ0n) is 8.07. The van der Waals surface area contributed by atoms with Crippen molar-refractivity contribution in [2.24, 2.45) is 5.73 Å². The maximum Gasteiger partial charge on any atom is 0.124 e. The summed E-state index contributed by atoms with van der Waals surface area (Å²) in [5.74, 6) is 3.43. The van der Waals surface area contributed by atoms with Crippen molar-refractivity contribution in [1.29, 1.82) is 0 Å². The molecule has 1 heterocycles. The Bertz CT molecular complexity index is 536. The van der Waals surface area contributed by atoms with Crippen LogP contribution in [0.5, 0.6) is 0 Å². The SMILES string of the molecule is C#CCn1c(CN)nc2cc(Br)ccc21. The fourth-order valence-corrected chi connectivity index (χ4v) is 1.93. The quantitative estimate of drug-likeness (QED) is 0.842. The fourth-order valence-electron chi connectivity index (χ4n) is 1.58. The Morgan fingerprint density at radius 2 is 2.33 bits per heavy atom. The van der Waals surface area contributed by atoms with Gasteiger partial charge in [-0.15, -0.1) is 6.42 Å². The number of hydrogen-bond donors (Lipinski definition) is 1. The van der Waals surface area contributed by atoms with E-state index in [2.05, 4.69) is 26.8 Å². The van der Waals surface area contributed by atoms with Crippen LogP contribution in [-0.2, 0) is 13.1 Å². The third-order valence-corrected chi connectivity index (χ3v) is 2.71. The predicted molar refractivity (Wildman–Crippen MR) is 64.2 cm³/mol. The molecule has 0 saturated carbocycles. The van der Waals surface area contributed by atoms with E-state index >= 15 is 0 Å². The van der Waals surface area contributed by atoms with E-state index < -0.39 is 0 Å². The molecular formula is C11H10BrN3. The molecule has 0 saturated heterocycles. The molecule has 1 aromatic heterocycles. The number of benzene rings is 1. The third kappa shape index (κ3) is 1.76. The molecule has 1 aromatic carbocycles. The van der Waals surface area contributed by atoms with Gasteiger partial charge in [0.1, 0.15) is 5.82 Å². The molecule has 0 aliphatic rings. The average Bonchev–Trinajstić information content (AvgIpc) is 2.56. The maximum atomic E-state index is 5.62. The molecule has 0 aliphatic heterocycles. The van der Waals surface area contributed by atoms with Gasteiger partial charge in [0.2, 0.25) is 0 Å². The van der Waals surface area contributed by atoms with Gasteiger partial charge in [0.25, 0.3) is 0 Å². The lowest BCUT2D eigenvalue weighted by Gasteiger charge is -2.02. The van der Waals surface area contributed by atoms with Gasteiger partial charge in [-0.3, -0.25) is 0 Å². The number of nitrogens with two attached hydrogens (primary N) is 1. The summed E-state index contributed by atoms with van der Waals surface area (Å²) in [5, 5.41) is 0. The first-order chi connectivity index (χ1) is 7.26. The van der Waals surface area contributed by atoms with Crippen molar-refractivity contribution in [2.45, 2.75) is 13.1 Å². The summed E-state index contributed by atoms with van der Waals surface area (Å²) in [7, 11) is 0. The number of aromatic nitrogens is 2. The molecule has 0 unspecified atom stereocenters. The molecule has 0 amide bonds. The molecule has 0 spiro atoms. The van der Waals surface area contributed by atoms with E-state index in [0.29, 0.717) is 13.1 Å². The Labute approximate surface area is 96.4 Å². The molecule has 0 aliphatic carbocycles. The van der Waals surface area contributed by atoms with E-state index in [0.717, 1.165) is 21.3 Å². The normalized spacial score (nSPS) is 10.5. The number of terminal acetylenes is 1. The first-order valence-corrected chi connectivity index (χ1v) is 5.33. The Morgan fingerprint density at radius 1 is 1.53 bits per heavy atom. The summed E-state index contributed by atoms with van der Waals surface area (Å²) in [6.07, 6.45) is 5.32. The molecule has 2 rings (SSSR count). The molecule has 0 bridgehead atoms. The highest BCUT2D eigenvalue weighted by Gasteiger charge is 2.08. The van der Waals surface area contributed by atoms with E-state index in [1.807, 2.05) is 22.8 Å². The Hall–Kier alpha value is -1.31. The van der Waals surface area contributed by atoms with Crippen LogP contribution < -0.4 is 5.73 Å². The average molecular weight is 264 g/mol. The van der Waals surface area contributed by atoms with E-state index in [1.165, 1.54) is 0 Å². The van der Waals surface area contributed by atoms with Gasteiger partial charge in [-0.2, -0.15) is 0 Å². The number of hydrogen-bond acceptors (Lipinski definition) is 2. The number of nitrogens with zero attached hydrogens (tertiary/aromatic N) is 2. The van der Waals surface area contributed by atoms with Crippen LogP contribution in [0.3, 0.4) is 0 Å². The van der Waals surface area contributed by atoms with E-state index in [4.69, 9.17) is 12.2 Å². The molecule has 0 atom stereocenters. The smallest absolute Gasteiger partial charge is 0.124 e. The molecule has 0 fully saturated rings. The second kappa shape index (κ2) is 4.05. The van der Waals surface area contributed by atoms with Gasteiger partial charge in [0.15, 0.2) is 0 Å². The summed E-state index contributed by atoms with van der Waals surface area (Å²) in [4.78, 5) is 4.42. The van der Waals surface area contributed by atoms with E-state index in [1.54, 1.807) is 0 Å². The lowest BCUT2D eigenvalue weighted by molar-refractivity contribution is 0.771. The van der Waals surface area contributed by atoms with Crippen LogP contribution in [0.25, 0.3) is 11.0 Å². The van der Waals surface area contributed by atoms with Gasteiger partial charge in [-0.25, -0.2) is 4.98 Å². The Morgan fingerprint density at radius 3 is 3.00 bits per heavy atom. The molecule has 2 aromatic rings. The molecule has 2 N–H and O–H groups in total. The van der Waals surface area contributed by atoms with Crippen molar-refractivity contribution in [3.63, 3.8) is 0 Å². The number of halogens is 1. The topological polar surface area (TPSA) is 43.8 Å².